The van der Waals surface area contributed by atoms with Crippen LogP contribution in [0.5, 0.6) is 11.6 Å². The Morgan fingerprint density at radius 1 is 1.45 bits per heavy atom. The number of pyridine rings is 1. The molecule has 0 atom stereocenters. The quantitative estimate of drug-likeness (QED) is 0.860. The van der Waals surface area contributed by atoms with Crippen LogP contribution in [0.1, 0.15) is 22.4 Å². The van der Waals surface area contributed by atoms with Crippen LogP contribution in [-0.2, 0) is 11.3 Å². The minimum atomic E-state index is -0.885. The van der Waals surface area contributed by atoms with Crippen LogP contribution >= 0.6 is 11.6 Å². The number of ether oxygens (including phenoxy) is 1. The molecule has 1 aromatic carbocycles. The minimum Gasteiger partial charge on any atom is -0.439 e. The second-order valence-corrected chi connectivity index (χ2v) is 5.42. The highest BCUT2D eigenvalue weighted by Crippen LogP contribution is 2.30. The fourth-order valence-electron chi connectivity index (χ4n) is 2.42. The topological polar surface area (TPSA) is 75.4 Å². The van der Waals surface area contributed by atoms with Crippen LogP contribution in [0.2, 0.25) is 5.02 Å². The molecule has 0 amide bonds. The molecule has 2 heterocycles. The van der Waals surface area contributed by atoms with Gasteiger partial charge in [-0.1, -0.05) is 17.7 Å². The van der Waals surface area contributed by atoms with Gasteiger partial charge in [0.05, 0.1) is 22.9 Å². The summed E-state index contributed by atoms with van der Waals surface area (Å²) in [6, 6.07) is 7.05. The van der Waals surface area contributed by atoms with Crippen LogP contribution in [0.25, 0.3) is 0 Å². The summed E-state index contributed by atoms with van der Waals surface area (Å²) >= 11 is 6.01. The fraction of sp³-hybridized carbons (Fsp3) is 0.200. The van der Waals surface area contributed by atoms with Crippen molar-refractivity contribution in [2.45, 2.75) is 20.5 Å². The number of hydrogen-bond donors (Lipinski definition) is 1. The molecular weight excluding hydrogens is 302 g/mol. The van der Waals surface area contributed by atoms with Crippen molar-refractivity contribution in [3.8, 4) is 17.7 Å². The molecule has 22 heavy (non-hydrogen) atoms. The lowest BCUT2D eigenvalue weighted by Crippen LogP contribution is -2.28. The van der Waals surface area contributed by atoms with Gasteiger partial charge in [-0.3, -0.25) is 0 Å². The van der Waals surface area contributed by atoms with Crippen LogP contribution in [0.4, 0.5) is 0 Å². The van der Waals surface area contributed by atoms with Gasteiger partial charge >= 0.3 is 7.12 Å². The number of halogens is 1. The van der Waals surface area contributed by atoms with Gasteiger partial charge in [0.1, 0.15) is 11.8 Å². The molecule has 0 unspecified atom stereocenters. The van der Waals surface area contributed by atoms with Crippen molar-refractivity contribution in [1.29, 1.82) is 5.26 Å². The van der Waals surface area contributed by atoms with E-state index in [2.05, 4.69) is 4.98 Å². The van der Waals surface area contributed by atoms with Crippen molar-refractivity contribution < 1.29 is 14.4 Å². The first kappa shape index (κ1) is 14.9. The predicted octanol–water partition coefficient (Wildman–Crippen LogP) is 2.23. The van der Waals surface area contributed by atoms with Crippen molar-refractivity contribution in [2.75, 3.05) is 0 Å². The van der Waals surface area contributed by atoms with Gasteiger partial charge in [0.15, 0.2) is 0 Å². The lowest BCUT2D eigenvalue weighted by Gasteiger charge is -2.12. The standard InChI is InChI=1S/C15H12BClN2O3/c1-8-11-7-21-16(20)12(11)3-4-13(8)22-14-5-10(6-18)15(17)9(2)19-14/h3-5,20H,7H2,1-2H3. The van der Waals surface area contributed by atoms with Crippen molar-refractivity contribution in [2.24, 2.45) is 0 Å². The molecule has 0 saturated heterocycles. The molecule has 110 valence electrons. The summed E-state index contributed by atoms with van der Waals surface area (Å²) in [5.41, 5.74) is 3.40. The average Bonchev–Trinajstić information content (AvgIpc) is 2.87. The van der Waals surface area contributed by atoms with E-state index in [4.69, 9.17) is 26.3 Å². The third kappa shape index (κ3) is 2.44. The van der Waals surface area contributed by atoms with Gasteiger partial charge in [0.25, 0.3) is 0 Å². The van der Waals surface area contributed by atoms with Gasteiger partial charge in [0, 0.05) is 6.07 Å². The predicted molar refractivity (Wildman–Crippen MR) is 82.3 cm³/mol. The Labute approximate surface area is 133 Å². The number of fused-ring (bicyclic) bond motifs is 1. The Hall–Kier alpha value is -2.07. The highest BCUT2D eigenvalue weighted by molar-refractivity contribution is 6.61. The maximum absolute atomic E-state index is 9.70. The summed E-state index contributed by atoms with van der Waals surface area (Å²) in [6.45, 7) is 3.95. The molecule has 3 rings (SSSR count). The second-order valence-electron chi connectivity index (χ2n) is 5.04. The molecule has 0 aliphatic carbocycles. The van der Waals surface area contributed by atoms with Gasteiger partial charge in [0.2, 0.25) is 5.88 Å². The van der Waals surface area contributed by atoms with Gasteiger partial charge < -0.3 is 14.4 Å². The summed E-state index contributed by atoms with van der Waals surface area (Å²) in [4.78, 5) is 4.24. The first-order valence-electron chi connectivity index (χ1n) is 6.68. The largest absolute Gasteiger partial charge is 0.491 e. The zero-order valence-electron chi connectivity index (χ0n) is 12.1. The Kier molecular flexibility index (Phi) is 3.79. The van der Waals surface area contributed by atoms with Crippen LogP contribution < -0.4 is 10.2 Å². The minimum absolute atomic E-state index is 0.306. The molecule has 2 aromatic rings. The third-order valence-corrected chi connectivity index (χ3v) is 4.15. The molecule has 0 radical (unpaired) electrons. The van der Waals surface area contributed by atoms with Crippen molar-refractivity contribution >= 4 is 24.2 Å². The van der Waals surface area contributed by atoms with E-state index in [0.29, 0.717) is 34.5 Å². The number of nitriles is 1. The van der Waals surface area contributed by atoms with Crippen LogP contribution in [0.15, 0.2) is 18.2 Å². The highest BCUT2D eigenvalue weighted by Gasteiger charge is 2.29. The molecule has 1 N–H and O–H groups in total. The van der Waals surface area contributed by atoms with E-state index in [0.717, 1.165) is 16.6 Å². The van der Waals surface area contributed by atoms with Gasteiger partial charge in [-0.2, -0.15) is 5.26 Å². The number of nitrogens with zero attached hydrogens (tertiary/aromatic N) is 2. The second kappa shape index (κ2) is 5.62. The van der Waals surface area contributed by atoms with E-state index in [9.17, 15) is 5.02 Å². The molecule has 0 spiro atoms. The number of hydrogen-bond acceptors (Lipinski definition) is 5. The van der Waals surface area contributed by atoms with Gasteiger partial charge in [-0.15, -0.1) is 0 Å². The molecule has 1 aromatic heterocycles. The molecule has 5 nitrogen and oxygen atoms in total. The molecule has 1 aliphatic rings. The Morgan fingerprint density at radius 2 is 2.23 bits per heavy atom. The lowest BCUT2D eigenvalue weighted by molar-refractivity contribution is 0.274. The summed E-state index contributed by atoms with van der Waals surface area (Å²) in [5, 5.41) is 19.1. The fourth-order valence-corrected chi connectivity index (χ4v) is 2.56. The maximum Gasteiger partial charge on any atom is 0.491 e. The van der Waals surface area contributed by atoms with Crippen molar-refractivity contribution in [3.63, 3.8) is 0 Å². The Balaban J connectivity index is 1.98. The van der Waals surface area contributed by atoms with E-state index >= 15 is 0 Å². The van der Waals surface area contributed by atoms with E-state index < -0.39 is 7.12 Å². The van der Waals surface area contributed by atoms with Crippen LogP contribution in [0, 0.1) is 25.2 Å². The van der Waals surface area contributed by atoms with Crippen LogP contribution in [-0.4, -0.2) is 17.1 Å². The zero-order chi connectivity index (χ0) is 15.9. The van der Waals surface area contributed by atoms with E-state index in [1.165, 1.54) is 6.07 Å². The summed E-state index contributed by atoms with van der Waals surface area (Å²) < 4.78 is 11.0. The molecular formula is C15H12BClN2O3. The summed E-state index contributed by atoms with van der Waals surface area (Å²) in [7, 11) is -0.885. The third-order valence-electron chi connectivity index (χ3n) is 3.67. The number of aromatic nitrogens is 1. The van der Waals surface area contributed by atoms with E-state index in [1.807, 2.05) is 13.0 Å². The van der Waals surface area contributed by atoms with Crippen molar-refractivity contribution in [3.05, 3.63) is 45.6 Å². The number of benzene rings is 1. The average molecular weight is 315 g/mol. The van der Waals surface area contributed by atoms with E-state index in [-0.39, 0.29) is 0 Å². The zero-order valence-corrected chi connectivity index (χ0v) is 12.8. The monoisotopic (exact) mass is 314 g/mol. The lowest BCUT2D eigenvalue weighted by atomic mass is 9.78. The smallest absolute Gasteiger partial charge is 0.439 e. The number of rotatable bonds is 2. The summed E-state index contributed by atoms with van der Waals surface area (Å²) in [6.07, 6.45) is 0. The first-order chi connectivity index (χ1) is 10.5. The maximum atomic E-state index is 9.70. The first-order valence-corrected chi connectivity index (χ1v) is 7.06. The highest BCUT2D eigenvalue weighted by atomic mass is 35.5. The number of aryl methyl sites for hydroxylation is 1. The molecule has 0 bridgehead atoms. The summed E-state index contributed by atoms with van der Waals surface area (Å²) in [5.74, 6) is 0.913. The molecule has 0 fully saturated rings. The molecule has 0 saturated carbocycles. The van der Waals surface area contributed by atoms with E-state index in [1.54, 1.807) is 19.1 Å². The van der Waals surface area contributed by atoms with Crippen molar-refractivity contribution in [1.82, 2.24) is 4.98 Å². The Morgan fingerprint density at radius 3 is 2.95 bits per heavy atom. The van der Waals surface area contributed by atoms with Gasteiger partial charge in [-0.05, 0) is 36.5 Å². The SMILES string of the molecule is Cc1nc(Oc2ccc3c(c2C)COB3O)cc(C#N)c1Cl. The Bertz CT molecular complexity index is 804. The van der Waals surface area contributed by atoms with Gasteiger partial charge in [-0.25, -0.2) is 4.98 Å². The van der Waals surface area contributed by atoms with Crippen LogP contribution in [0.3, 0.4) is 0 Å². The normalized spacial score (nSPS) is 13.0. The molecule has 7 heteroatoms. The molecule has 1 aliphatic heterocycles.